The molecule has 0 radical (unpaired) electrons. The molecule has 3 heterocycles. The third-order valence-corrected chi connectivity index (χ3v) is 3.62. The van der Waals surface area contributed by atoms with Crippen molar-refractivity contribution in [2.75, 3.05) is 0 Å². The molecule has 4 aromatic rings. The van der Waals surface area contributed by atoms with Gasteiger partial charge in [0.25, 0.3) is 0 Å². The van der Waals surface area contributed by atoms with Crippen LogP contribution in [-0.4, -0.2) is 25.0 Å². The Morgan fingerprint density at radius 2 is 1.96 bits per heavy atom. The number of primary amides is 1. The largest absolute Gasteiger partial charge is 0.410 e. The number of hydrogen-bond donors (Lipinski definition) is 1. The fourth-order valence-electron chi connectivity index (χ4n) is 2.53. The Labute approximate surface area is 137 Å². The van der Waals surface area contributed by atoms with Crippen LogP contribution in [0.15, 0.2) is 67.5 Å². The fourth-order valence-corrected chi connectivity index (χ4v) is 2.53. The van der Waals surface area contributed by atoms with Crippen molar-refractivity contribution >= 4 is 11.7 Å². The molecule has 24 heavy (non-hydrogen) atoms. The lowest BCUT2D eigenvalue weighted by molar-refractivity contribution is 0.211. The van der Waals surface area contributed by atoms with Gasteiger partial charge >= 0.3 is 6.09 Å². The highest BCUT2D eigenvalue weighted by molar-refractivity contribution is 5.73. The molecule has 0 unspecified atom stereocenters. The van der Waals surface area contributed by atoms with E-state index < -0.39 is 6.09 Å². The molecule has 0 aliphatic carbocycles. The van der Waals surface area contributed by atoms with Gasteiger partial charge in [-0.25, -0.2) is 14.8 Å². The molecule has 1 aromatic carbocycles. The van der Waals surface area contributed by atoms with Crippen molar-refractivity contribution in [2.24, 2.45) is 5.73 Å². The van der Waals surface area contributed by atoms with Crippen molar-refractivity contribution in [3.05, 3.63) is 67.5 Å². The lowest BCUT2D eigenvalue weighted by atomic mass is 10.1. The number of carbonyl (C=O) groups is 1. The van der Waals surface area contributed by atoms with Crippen LogP contribution in [0.25, 0.3) is 22.6 Å². The summed E-state index contributed by atoms with van der Waals surface area (Å²) in [6.45, 7) is 0. The third kappa shape index (κ3) is 2.48. The summed E-state index contributed by atoms with van der Waals surface area (Å²) in [5.74, 6) is 0.325. The summed E-state index contributed by atoms with van der Waals surface area (Å²) in [6, 6.07) is 11.3. The number of pyridine rings is 1. The molecule has 0 saturated carbocycles. The average Bonchev–Trinajstić information content (AvgIpc) is 3.25. The lowest BCUT2D eigenvalue weighted by Gasteiger charge is -2.02. The van der Waals surface area contributed by atoms with Crippen LogP contribution < -0.4 is 10.5 Å². The maximum absolute atomic E-state index is 11.0. The predicted octanol–water partition coefficient (Wildman–Crippen LogP) is 2.64. The van der Waals surface area contributed by atoms with Crippen LogP contribution >= 0.6 is 0 Å². The van der Waals surface area contributed by atoms with E-state index in [-0.39, 0.29) is 0 Å². The molecule has 3 aromatic heterocycles. The molecule has 0 aliphatic rings. The van der Waals surface area contributed by atoms with E-state index in [0.717, 1.165) is 16.9 Å². The van der Waals surface area contributed by atoms with Crippen LogP contribution in [0.5, 0.6) is 5.75 Å². The molecule has 0 fully saturated rings. The Hall–Kier alpha value is -3.61. The molecule has 7 nitrogen and oxygen atoms in total. The van der Waals surface area contributed by atoms with Crippen LogP contribution in [0, 0.1) is 0 Å². The average molecular weight is 319 g/mol. The lowest BCUT2D eigenvalue weighted by Crippen LogP contribution is -2.16. The van der Waals surface area contributed by atoms with Crippen LogP contribution in [-0.2, 0) is 0 Å². The standard InChI is InChI=1S/C17H13N5O2/c18-17(23)24-15-2-1-8-21-10-14(20-16(15)21)12-3-5-13(6-4-12)22-9-7-19-11-22/h1-11H,(H2,18,23). The third-order valence-electron chi connectivity index (χ3n) is 3.62. The van der Waals surface area contributed by atoms with Crippen molar-refractivity contribution in [1.82, 2.24) is 18.9 Å². The monoisotopic (exact) mass is 319 g/mol. The summed E-state index contributed by atoms with van der Waals surface area (Å²) < 4.78 is 8.70. The normalized spacial score (nSPS) is 10.8. The Kier molecular flexibility index (Phi) is 3.24. The van der Waals surface area contributed by atoms with Gasteiger partial charge < -0.3 is 19.4 Å². The number of imidazole rings is 2. The first-order valence-corrected chi connectivity index (χ1v) is 7.24. The zero-order valence-corrected chi connectivity index (χ0v) is 12.5. The highest BCUT2D eigenvalue weighted by atomic mass is 16.5. The van der Waals surface area contributed by atoms with Gasteiger partial charge in [-0.05, 0) is 24.3 Å². The van der Waals surface area contributed by atoms with E-state index in [9.17, 15) is 4.79 Å². The van der Waals surface area contributed by atoms with E-state index in [1.54, 1.807) is 29.1 Å². The Morgan fingerprint density at radius 3 is 2.67 bits per heavy atom. The van der Waals surface area contributed by atoms with Crippen LogP contribution in [0.3, 0.4) is 0 Å². The van der Waals surface area contributed by atoms with Gasteiger partial charge in [-0.1, -0.05) is 12.1 Å². The fraction of sp³-hybridized carbons (Fsp3) is 0. The van der Waals surface area contributed by atoms with Gasteiger partial charge in [0.2, 0.25) is 0 Å². The molecule has 118 valence electrons. The van der Waals surface area contributed by atoms with Crippen LogP contribution in [0.1, 0.15) is 0 Å². The molecular weight excluding hydrogens is 306 g/mol. The van der Waals surface area contributed by atoms with Gasteiger partial charge in [0.05, 0.1) is 12.0 Å². The van der Waals surface area contributed by atoms with Crippen molar-refractivity contribution in [3.63, 3.8) is 0 Å². The first-order valence-electron chi connectivity index (χ1n) is 7.24. The molecule has 1 amide bonds. The maximum Gasteiger partial charge on any atom is 0.410 e. The summed E-state index contributed by atoms with van der Waals surface area (Å²) in [7, 11) is 0. The second-order valence-corrected chi connectivity index (χ2v) is 5.17. The minimum atomic E-state index is -0.864. The predicted molar refractivity (Wildman–Crippen MR) is 88.0 cm³/mol. The van der Waals surface area contributed by atoms with Gasteiger partial charge in [0, 0.05) is 36.0 Å². The van der Waals surface area contributed by atoms with Crippen molar-refractivity contribution in [3.8, 4) is 22.7 Å². The number of carbonyl (C=O) groups excluding carboxylic acids is 1. The van der Waals surface area contributed by atoms with E-state index >= 15 is 0 Å². The van der Waals surface area contributed by atoms with Crippen molar-refractivity contribution in [2.45, 2.75) is 0 Å². The van der Waals surface area contributed by atoms with Gasteiger partial charge in [0.1, 0.15) is 0 Å². The number of hydrogen-bond acceptors (Lipinski definition) is 4. The van der Waals surface area contributed by atoms with Gasteiger partial charge in [-0.15, -0.1) is 0 Å². The first-order chi connectivity index (χ1) is 11.7. The number of ether oxygens (including phenoxy) is 1. The molecule has 2 N–H and O–H groups in total. The molecule has 0 atom stereocenters. The molecule has 0 saturated heterocycles. The van der Waals surface area contributed by atoms with E-state index in [0.29, 0.717) is 11.4 Å². The van der Waals surface area contributed by atoms with E-state index in [4.69, 9.17) is 10.5 Å². The molecule has 4 rings (SSSR count). The highest BCUT2D eigenvalue weighted by Crippen LogP contribution is 2.25. The molecule has 7 heteroatoms. The number of nitrogens with zero attached hydrogens (tertiary/aromatic N) is 4. The Bertz CT molecular complexity index is 1000. The number of nitrogens with two attached hydrogens (primary N) is 1. The Morgan fingerprint density at radius 1 is 1.12 bits per heavy atom. The van der Waals surface area contributed by atoms with E-state index in [1.807, 2.05) is 47.4 Å². The highest BCUT2D eigenvalue weighted by Gasteiger charge is 2.10. The quantitative estimate of drug-likeness (QED) is 0.629. The summed E-state index contributed by atoms with van der Waals surface area (Å²) in [5, 5.41) is 0. The summed E-state index contributed by atoms with van der Waals surface area (Å²) in [6.07, 6.45) is 8.20. The molecule has 0 spiro atoms. The zero-order chi connectivity index (χ0) is 16.5. The number of amides is 1. The minimum absolute atomic E-state index is 0.325. The zero-order valence-electron chi connectivity index (χ0n) is 12.5. The first kappa shape index (κ1) is 14.0. The van der Waals surface area contributed by atoms with Crippen LogP contribution in [0.4, 0.5) is 4.79 Å². The molecule has 0 bridgehead atoms. The van der Waals surface area contributed by atoms with Gasteiger partial charge in [0.15, 0.2) is 11.4 Å². The topological polar surface area (TPSA) is 87.4 Å². The summed E-state index contributed by atoms with van der Waals surface area (Å²) in [4.78, 5) is 19.6. The number of fused-ring (bicyclic) bond motifs is 1. The maximum atomic E-state index is 11.0. The number of benzene rings is 1. The smallest absolute Gasteiger partial charge is 0.406 e. The minimum Gasteiger partial charge on any atom is -0.406 e. The van der Waals surface area contributed by atoms with Gasteiger partial charge in [-0.3, -0.25) is 0 Å². The summed E-state index contributed by atoms with van der Waals surface area (Å²) >= 11 is 0. The Balaban J connectivity index is 1.72. The van der Waals surface area contributed by atoms with Crippen molar-refractivity contribution < 1.29 is 9.53 Å². The van der Waals surface area contributed by atoms with Crippen LogP contribution in [0.2, 0.25) is 0 Å². The van der Waals surface area contributed by atoms with Crippen molar-refractivity contribution in [1.29, 1.82) is 0 Å². The SMILES string of the molecule is NC(=O)Oc1cccn2cc(-c3ccc(-n4ccnc4)cc3)nc12. The number of rotatable bonds is 3. The summed E-state index contributed by atoms with van der Waals surface area (Å²) in [5.41, 5.74) is 8.36. The number of aromatic nitrogens is 4. The molecule has 0 aliphatic heterocycles. The second-order valence-electron chi connectivity index (χ2n) is 5.17. The van der Waals surface area contributed by atoms with Gasteiger partial charge in [-0.2, -0.15) is 0 Å². The van der Waals surface area contributed by atoms with E-state index in [1.165, 1.54) is 0 Å². The molecular formula is C17H13N5O2. The van der Waals surface area contributed by atoms with E-state index in [2.05, 4.69) is 9.97 Å². The second kappa shape index (κ2) is 5.54.